The minimum Gasteiger partial charge on any atom is -0.506 e. The number of phenols is 1. The van der Waals surface area contributed by atoms with Crippen LogP contribution < -0.4 is 0 Å². The Bertz CT molecular complexity index is 766. The Morgan fingerprint density at radius 2 is 2.00 bits per heavy atom. The predicted molar refractivity (Wildman–Crippen MR) is 74.4 cm³/mol. The molecule has 0 bridgehead atoms. The quantitative estimate of drug-likeness (QED) is 0.712. The number of fused-ring (bicyclic) bond motifs is 1. The Balaban J connectivity index is 1.95. The number of nitrogens with zero attached hydrogens (tertiary/aromatic N) is 4. The first-order chi connectivity index (χ1) is 9.22. The van der Waals surface area contributed by atoms with Crippen molar-refractivity contribution in [3.8, 4) is 5.75 Å². The molecule has 0 saturated carbocycles. The minimum absolute atomic E-state index is 0.116. The summed E-state index contributed by atoms with van der Waals surface area (Å²) < 4.78 is 4.88. The lowest BCUT2D eigenvalue weighted by molar-refractivity contribution is 0.476. The maximum absolute atomic E-state index is 9.68. The summed E-state index contributed by atoms with van der Waals surface area (Å²) in [6, 6.07) is 10.8. The first-order valence-electron chi connectivity index (χ1n) is 5.66. The van der Waals surface area contributed by atoms with Crippen LogP contribution in [0.2, 0.25) is 0 Å². The zero-order chi connectivity index (χ0) is 13.2. The smallest absolute Gasteiger partial charge is 0.143 e. The molecule has 94 valence electrons. The zero-order valence-electron chi connectivity index (χ0n) is 10.1. The van der Waals surface area contributed by atoms with Crippen LogP contribution in [0.15, 0.2) is 46.6 Å². The van der Waals surface area contributed by atoms with E-state index >= 15 is 0 Å². The van der Waals surface area contributed by atoms with Crippen molar-refractivity contribution in [2.45, 2.75) is 6.92 Å². The summed E-state index contributed by atoms with van der Waals surface area (Å²) >= 11 is 1.34. The molecule has 0 saturated heterocycles. The second-order valence-corrected chi connectivity index (χ2v) is 4.90. The maximum atomic E-state index is 9.68. The van der Waals surface area contributed by atoms with Crippen LogP contribution in [0.25, 0.3) is 10.2 Å². The highest BCUT2D eigenvalue weighted by Crippen LogP contribution is 2.29. The van der Waals surface area contributed by atoms with Crippen LogP contribution in [0.1, 0.15) is 5.56 Å². The Hall–Kier alpha value is -2.34. The molecule has 1 N–H and O–H groups in total. The number of rotatable bonds is 2. The highest BCUT2D eigenvalue weighted by molar-refractivity contribution is 7.12. The molecule has 0 aliphatic heterocycles. The van der Waals surface area contributed by atoms with Gasteiger partial charge in [-0.2, -0.15) is 5.11 Å². The van der Waals surface area contributed by atoms with E-state index in [1.54, 1.807) is 12.1 Å². The van der Waals surface area contributed by atoms with Gasteiger partial charge in [0, 0.05) is 0 Å². The summed E-state index contributed by atoms with van der Waals surface area (Å²) in [4.78, 5) is 0. The fraction of sp³-hybridized carbons (Fsp3) is 0.0769. The van der Waals surface area contributed by atoms with E-state index < -0.39 is 0 Å². The van der Waals surface area contributed by atoms with Crippen LogP contribution in [-0.4, -0.2) is 14.7 Å². The standard InChI is InChI=1S/C13H10N4OS/c1-8-2-4-12(18)10(6-8)15-14-9-3-5-13-11(7-9)16-17-19-13/h2-7,18H,1H3. The van der Waals surface area contributed by atoms with Crippen LogP contribution in [0.4, 0.5) is 11.4 Å². The molecule has 3 aromatic rings. The summed E-state index contributed by atoms with van der Waals surface area (Å²) in [5.41, 5.74) is 2.96. The SMILES string of the molecule is Cc1ccc(O)c(N=Nc2ccc3snnc3c2)c1. The van der Waals surface area contributed by atoms with Gasteiger partial charge < -0.3 is 5.11 Å². The van der Waals surface area contributed by atoms with Crippen LogP contribution in [0.5, 0.6) is 5.75 Å². The van der Waals surface area contributed by atoms with E-state index in [2.05, 4.69) is 19.8 Å². The van der Waals surface area contributed by atoms with Crippen molar-refractivity contribution in [3.63, 3.8) is 0 Å². The van der Waals surface area contributed by atoms with Gasteiger partial charge in [-0.1, -0.05) is 10.6 Å². The van der Waals surface area contributed by atoms with E-state index in [-0.39, 0.29) is 5.75 Å². The van der Waals surface area contributed by atoms with Crippen LogP contribution in [0.3, 0.4) is 0 Å². The minimum atomic E-state index is 0.116. The normalized spacial score (nSPS) is 11.4. The molecule has 19 heavy (non-hydrogen) atoms. The molecule has 0 amide bonds. The Kier molecular flexibility index (Phi) is 2.92. The second-order valence-electron chi connectivity index (χ2n) is 4.12. The molecule has 0 unspecified atom stereocenters. The average Bonchev–Trinajstić information content (AvgIpc) is 2.87. The summed E-state index contributed by atoms with van der Waals surface area (Å²) in [7, 11) is 0. The third-order valence-corrected chi connectivity index (χ3v) is 3.34. The number of hydrogen-bond acceptors (Lipinski definition) is 6. The molecule has 0 spiro atoms. The highest BCUT2D eigenvalue weighted by atomic mass is 32.1. The topological polar surface area (TPSA) is 70.7 Å². The molecular weight excluding hydrogens is 260 g/mol. The molecule has 0 aliphatic carbocycles. The van der Waals surface area contributed by atoms with E-state index in [4.69, 9.17) is 0 Å². The second kappa shape index (κ2) is 4.74. The van der Waals surface area contributed by atoms with Gasteiger partial charge in [0.25, 0.3) is 0 Å². The summed E-state index contributed by atoms with van der Waals surface area (Å²) in [6.07, 6.45) is 0. The maximum Gasteiger partial charge on any atom is 0.143 e. The molecule has 0 fully saturated rings. The Morgan fingerprint density at radius 1 is 1.11 bits per heavy atom. The monoisotopic (exact) mass is 270 g/mol. The van der Waals surface area contributed by atoms with Crippen molar-refractivity contribution in [1.29, 1.82) is 0 Å². The lowest BCUT2D eigenvalue weighted by Gasteiger charge is -1.98. The van der Waals surface area contributed by atoms with Gasteiger partial charge in [-0.3, -0.25) is 0 Å². The van der Waals surface area contributed by atoms with E-state index in [1.165, 1.54) is 11.5 Å². The third-order valence-electron chi connectivity index (χ3n) is 2.63. The first kappa shape index (κ1) is 11.7. The van der Waals surface area contributed by atoms with Crippen LogP contribution in [-0.2, 0) is 0 Å². The average molecular weight is 270 g/mol. The van der Waals surface area contributed by atoms with Crippen LogP contribution >= 0.6 is 11.5 Å². The van der Waals surface area contributed by atoms with Gasteiger partial charge in [-0.05, 0) is 54.4 Å². The number of aromatic nitrogens is 2. The number of aryl methyl sites for hydroxylation is 1. The molecule has 3 rings (SSSR count). The van der Waals surface area contributed by atoms with E-state index in [9.17, 15) is 5.11 Å². The lowest BCUT2D eigenvalue weighted by atomic mass is 10.2. The van der Waals surface area contributed by atoms with E-state index in [0.717, 1.165) is 15.8 Å². The van der Waals surface area contributed by atoms with Crippen LogP contribution in [0, 0.1) is 6.92 Å². The third kappa shape index (κ3) is 2.43. The first-order valence-corrected chi connectivity index (χ1v) is 6.43. The summed E-state index contributed by atoms with van der Waals surface area (Å²) in [5, 5.41) is 21.8. The number of hydrogen-bond donors (Lipinski definition) is 1. The summed E-state index contributed by atoms with van der Waals surface area (Å²) in [5.74, 6) is 0.116. The van der Waals surface area contributed by atoms with Gasteiger partial charge in [-0.25, -0.2) is 0 Å². The van der Waals surface area contributed by atoms with Crippen molar-refractivity contribution in [2.75, 3.05) is 0 Å². The lowest BCUT2D eigenvalue weighted by Crippen LogP contribution is -1.72. The molecular formula is C13H10N4OS. The van der Waals surface area contributed by atoms with Gasteiger partial charge >= 0.3 is 0 Å². The predicted octanol–water partition coefficient (Wildman–Crippen LogP) is 4.12. The van der Waals surface area contributed by atoms with Gasteiger partial charge in [0.15, 0.2) is 0 Å². The highest BCUT2D eigenvalue weighted by Gasteiger charge is 2.01. The largest absolute Gasteiger partial charge is 0.506 e. The Morgan fingerprint density at radius 3 is 2.89 bits per heavy atom. The number of azo groups is 1. The molecule has 6 heteroatoms. The van der Waals surface area contributed by atoms with Gasteiger partial charge in [0.1, 0.15) is 17.0 Å². The molecule has 0 atom stereocenters. The fourth-order valence-corrected chi connectivity index (χ4v) is 2.20. The fourth-order valence-electron chi connectivity index (χ4n) is 1.66. The van der Waals surface area contributed by atoms with E-state index in [1.807, 2.05) is 31.2 Å². The zero-order valence-corrected chi connectivity index (χ0v) is 10.9. The number of benzene rings is 2. The molecule has 1 aromatic heterocycles. The van der Waals surface area contributed by atoms with Crippen molar-refractivity contribution >= 4 is 33.1 Å². The van der Waals surface area contributed by atoms with Crippen molar-refractivity contribution in [1.82, 2.24) is 9.59 Å². The van der Waals surface area contributed by atoms with Gasteiger partial charge in [0.05, 0.1) is 10.4 Å². The molecule has 2 aromatic carbocycles. The van der Waals surface area contributed by atoms with Crippen molar-refractivity contribution in [2.24, 2.45) is 10.2 Å². The van der Waals surface area contributed by atoms with Crippen molar-refractivity contribution < 1.29 is 5.11 Å². The number of phenolic OH excluding ortho intramolecular Hbond substituents is 1. The Labute approximate surface area is 113 Å². The molecule has 0 aliphatic rings. The van der Waals surface area contributed by atoms with Gasteiger partial charge in [-0.15, -0.1) is 10.2 Å². The van der Waals surface area contributed by atoms with Gasteiger partial charge in [0.2, 0.25) is 0 Å². The number of aromatic hydroxyl groups is 1. The molecule has 1 heterocycles. The molecule has 0 radical (unpaired) electrons. The molecule has 5 nitrogen and oxygen atoms in total. The van der Waals surface area contributed by atoms with E-state index in [0.29, 0.717) is 11.4 Å². The summed E-state index contributed by atoms with van der Waals surface area (Å²) in [6.45, 7) is 1.94. The van der Waals surface area contributed by atoms with Crippen molar-refractivity contribution in [3.05, 3.63) is 42.0 Å².